The fourth-order valence-corrected chi connectivity index (χ4v) is 4.40. The second-order valence-electron chi connectivity index (χ2n) is 7.09. The Morgan fingerprint density at radius 3 is 2.80 bits per heavy atom. The van der Waals surface area contributed by atoms with Crippen LogP contribution in [-0.4, -0.2) is 49.6 Å². The van der Waals surface area contributed by atoms with E-state index in [1.807, 2.05) is 56.3 Å². The molecule has 0 aliphatic carbocycles. The Balaban J connectivity index is 1.73. The third-order valence-electron chi connectivity index (χ3n) is 4.60. The van der Waals surface area contributed by atoms with Gasteiger partial charge < -0.3 is 14.1 Å². The minimum Gasteiger partial charge on any atom is -0.490 e. The number of carbonyl (C=O) groups is 1. The van der Waals surface area contributed by atoms with Gasteiger partial charge in [0, 0.05) is 23.5 Å². The SMILES string of the molecule is CCOc1cccc2cc(C(=O)N(CCN(C)C)c3nc4ccc(Cl)cc4s3)oc12. The lowest BCUT2D eigenvalue weighted by Crippen LogP contribution is -2.36. The van der Waals surface area contributed by atoms with E-state index in [4.69, 9.17) is 20.8 Å². The lowest BCUT2D eigenvalue weighted by Gasteiger charge is -2.20. The molecule has 0 atom stereocenters. The summed E-state index contributed by atoms with van der Waals surface area (Å²) in [5.41, 5.74) is 1.39. The normalized spacial score (nSPS) is 11.5. The van der Waals surface area contributed by atoms with Gasteiger partial charge in [-0.3, -0.25) is 9.69 Å². The largest absolute Gasteiger partial charge is 0.490 e. The van der Waals surface area contributed by atoms with Crippen LogP contribution in [0, 0.1) is 0 Å². The Kier molecular flexibility index (Phi) is 5.94. The Morgan fingerprint density at radius 2 is 2.03 bits per heavy atom. The average molecular weight is 444 g/mol. The fraction of sp³-hybridized carbons (Fsp3) is 0.273. The van der Waals surface area contributed by atoms with E-state index in [1.165, 1.54) is 11.3 Å². The van der Waals surface area contributed by atoms with Gasteiger partial charge in [-0.05, 0) is 51.4 Å². The molecule has 4 rings (SSSR count). The summed E-state index contributed by atoms with van der Waals surface area (Å²) in [6, 6.07) is 12.9. The highest BCUT2D eigenvalue weighted by molar-refractivity contribution is 7.22. The molecule has 30 heavy (non-hydrogen) atoms. The van der Waals surface area contributed by atoms with Crippen LogP contribution in [0.4, 0.5) is 5.13 Å². The molecule has 0 bridgehead atoms. The molecule has 8 heteroatoms. The molecule has 1 amide bonds. The molecule has 0 spiro atoms. The number of benzene rings is 2. The number of hydrogen-bond donors (Lipinski definition) is 0. The molecule has 2 aromatic heterocycles. The topological polar surface area (TPSA) is 58.8 Å². The third-order valence-corrected chi connectivity index (χ3v) is 5.88. The minimum absolute atomic E-state index is 0.236. The number of thiazole rings is 1. The number of amides is 1. The quantitative estimate of drug-likeness (QED) is 0.387. The molecule has 6 nitrogen and oxygen atoms in total. The highest BCUT2D eigenvalue weighted by atomic mass is 35.5. The van der Waals surface area contributed by atoms with Gasteiger partial charge in [-0.25, -0.2) is 4.98 Å². The molecule has 0 radical (unpaired) electrons. The van der Waals surface area contributed by atoms with Crippen LogP contribution in [0.2, 0.25) is 5.02 Å². The Bertz CT molecular complexity index is 1200. The molecule has 0 unspecified atom stereocenters. The highest BCUT2D eigenvalue weighted by Gasteiger charge is 2.25. The predicted molar refractivity (Wildman–Crippen MR) is 122 cm³/mol. The number of carbonyl (C=O) groups excluding carboxylic acids is 1. The van der Waals surface area contributed by atoms with E-state index in [-0.39, 0.29) is 11.7 Å². The number of anilines is 1. The predicted octanol–water partition coefficient (Wildman–Crippen LogP) is 5.30. The van der Waals surface area contributed by atoms with Gasteiger partial charge in [0.05, 0.1) is 16.8 Å². The van der Waals surface area contributed by atoms with Crippen molar-refractivity contribution < 1.29 is 13.9 Å². The summed E-state index contributed by atoms with van der Waals surface area (Å²) in [5.74, 6) is 0.650. The maximum absolute atomic E-state index is 13.5. The van der Waals surface area contributed by atoms with Crippen molar-refractivity contribution in [3.05, 3.63) is 53.2 Å². The number of ether oxygens (including phenoxy) is 1. The lowest BCUT2D eigenvalue weighted by molar-refractivity contribution is 0.0960. The number of likely N-dealkylation sites (N-methyl/N-ethyl adjacent to an activating group) is 1. The average Bonchev–Trinajstić information content (AvgIpc) is 3.32. The lowest BCUT2D eigenvalue weighted by atomic mass is 10.2. The van der Waals surface area contributed by atoms with Crippen molar-refractivity contribution >= 4 is 55.2 Å². The van der Waals surface area contributed by atoms with Gasteiger partial charge in [-0.15, -0.1) is 0 Å². The molecule has 0 aliphatic heterocycles. The zero-order valence-electron chi connectivity index (χ0n) is 17.0. The smallest absolute Gasteiger partial charge is 0.295 e. The zero-order chi connectivity index (χ0) is 21.3. The summed E-state index contributed by atoms with van der Waals surface area (Å²) < 4.78 is 12.5. The van der Waals surface area contributed by atoms with Crippen LogP contribution in [0.3, 0.4) is 0 Å². The molecule has 4 aromatic rings. The summed E-state index contributed by atoms with van der Waals surface area (Å²) in [7, 11) is 3.94. The zero-order valence-corrected chi connectivity index (χ0v) is 18.6. The number of furan rings is 1. The molecule has 2 aromatic carbocycles. The molecule has 0 saturated heterocycles. The van der Waals surface area contributed by atoms with E-state index in [1.54, 1.807) is 17.0 Å². The number of rotatable bonds is 7. The van der Waals surface area contributed by atoms with E-state index in [0.717, 1.165) is 15.6 Å². The second-order valence-corrected chi connectivity index (χ2v) is 8.53. The van der Waals surface area contributed by atoms with Crippen molar-refractivity contribution in [2.24, 2.45) is 0 Å². The Labute approximate surface area is 183 Å². The first-order chi connectivity index (χ1) is 14.5. The number of aromatic nitrogens is 1. The van der Waals surface area contributed by atoms with Crippen LogP contribution in [0.5, 0.6) is 5.75 Å². The van der Waals surface area contributed by atoms with Crippen LogP contribution in [0.1, 0.15) is 17.5 Å². The van der Waals surface area contributed by atoms with Gasteiger partial charge in [0.25, 0.3) is 5.91 Å². The minimum atomic E-state index is -0.236. The summed E-state index contributed by atoms with van der Waals surface area (Å²) in [6.07, 6.45) is 0. The van der Waals surface area contributed by atoms with Crippen molar-refractivity contribution in [1.82, 2.24) is 9.88 Å². The van der Waals surface area contributed by atoms with Gasteiger partial charge in [-0.1, -0.05) is 35.1 Å². The number of para-hydroxylation sites is 1. The van der Waals surface area contributed by atoms with E-state index < -0.39 is 0 Å². The van der Waals surface area contributed by atoms with Crippen LogP contribution in [0.15, 0.2) is 46.9 Å². The molecular formula is C22H22ClN3O3S. The molecule has 156 valence electrons. The van der Waals surface area contributed by atoms with Crippen molar-refractivity contribution in [2.75, 3.05) is 38.7 Å². The number of hydrogen-bond acceptors (Lipinski definition) is 6. The molecule has 0 saturated carbocycles. The molecular weight excluding hydrogens is 422 g/mol. The van der Waals surface area contributed by atoms with Crippen LogP contribution in [-0.2, 0) is 0 Å². The van der Waals surface area contributed by atoms with E-state index in [2.05, 4.69) is 4.98 Å². The van der Waals surface area contributed by atoms with Gasteiger partial charge in [0.15, 0.2) is 22.2 Å². The highest BCUT2D eigenvalue weighted by Crippen LogP contribution is 2.33. The first kappa shape index (κ1) is 20.7. The van der Waals surface area contributed by atoms with Crippen molar-refractivity contribution in [3.8, 4) is 5.75 Å². The molecule has 0 aliphatic rings. The van der Waals surface area contributed by atoms with E-state index in [0.29, 0.717) is 41.2 Å². The Morgan fingerprint density at radius 1 is 1.20 bits per heavy atom. The monoisotopic (exact) mass is 443 g/mol. The maximum atomic E-state index is 13.5. The van der Waals surface area contributed by atoms with E-state index in [9.17, 15) is 4.79 Å². The summed E-state index contributed by atoms with van der Waals surface area (Å²) in [6.45, 7) is 3.60. The summed E-state index contributed by atoms with van der Waals surface area (Å²) in [5, 5.41) is 2.09. The second kappa shape index (κ2) is 8.63. The van der Waals surface area contributed by atoms with Gasteiger partial charge in [0.1, 0.15) is 0 Å². The van der Waals surface area contributed by atoms with Crippen LogP contribution < -0.4 is 9.64 Å². The van der Waals surface area contributed by atoms with Crippen LogP contribution in [0.25, 0.3) is 21.2 Å². The fourth-order valence-electron chi connectivity index (χ4n) is 3.13. The molecule has 0 N–H and O–H groups in total. The maximum Gasteiger partial charge on any atom is 0.295 e. The van der Waals surface area contributed by atoms with Gasteiger partial charge >= 0.3 is 0 Å². The number of nitrogens with zero attached hydrogens (tertiary/aromatic N) is 3. The number of fused-ring (bicyclic) bond motifs is 2. The first-order valence-corrected chi connectivity index (χ1v) is 10.8. The summed E-state index contributed by atoms with van der Waals surface area (Å²) in [4.78, 5) is 21.8. The summed E-state index contributed by atoms with van der Waals surface area (Å²) >= 11 is 7.56. The third kappa shape index (κ3) is 4.14. The van der Waals surface area contributed by atoms with E-state index >= 15 is 0 Å². The van der Waals surface area contributed by atoms with Gasteiger partial charge in [-0.2, -0.15) is 0 Å². The van der Waals surface area contributed by atoms with Crippen molar-refractivity contribution in [3.63, 3.8) is 0 Å². The number of halogens is 1. The standard InChI is InChI=1S/C22H22ClN3O3S/c1-4-28-17-7-5-6-14-12-18(29-20(14)17)21(27)26(11-10-25(2)3)22-24-16-9-8-15(23)13-19(16)30-22/h5-9,12-13H,4,10-11H2,1-3H3. The van der Waals surface area contributed by atoms with Crippen molar-refractivity contribution in [1.29, 1.82) is 0 Å². The van der Waals surface area contributed by atoms with Gasteiger partial charge in [0.2, 0.25) is 0 Å². The Hall–Kier alpha value is -2.61. The van der Waals surface area contributed by atoms with Crippen LogP contribution >= 0.6 is 22.9 Å². The molecule has 0 fully saturated rings. The van der Waals surface area contributed by atoms with Crippen molar-refractivity contribution in [2.45, 2.75) is 6.92 Å². The molecule has 2 heterocycles. The first-order valence-electron chi connectivity index (χ1n) is 9.64.